The number of carbonyl (C=O) groups excluding carboxylic acids is 3. The number of carbonyl (C=O) groups is 3. The molecule has 0 N–H and O–H groups in total. The SMILES string of the molecule is CN(CCCc1cc(-c2ccccc2)no1)C(=O)CN1C(=O)c2cc(Cl)c(Cl)cc2C1=O. The van der Waals surface area contributed by atoms with Gasteiger partial charge in [0.25, 0.3) is 11.8 Å². The molecule has 1 aliphatic heterocycles. The number of benzene rings is 2. The third-order valence-electron chi connectivity index (χ3n) is 5.28. The van der Waals surface area contributed by atoms with Gasteiger partial charge in [-0.2, -0.15) is 0 Å². The minimum atomic E-state index is -0.555. The van der Waals surface area contributed by atoms with Crippen molar-refractivity contribution in [3.8, 4) is 11.3 Å². The molecule has 0 atom stereocenters. The summed E-state index contributed by atoms with van der Waals surface area (Å²) in [5.41, 5.74) is 2.04. The lowest BCUT2D eigenvalue weighted by molar-refractivity contribution is -0.130. The number of aromatic nitrogens is 1. The molecule has 0 fully saturated rings. The van der Waals surface area contributed by atoms with E-state index in [4.69, 9.17) is 27.7 Å². The van der Waals surface area contributed by atoms with E-state index in [1.54, 1.807) is 7.05 Å². The van der Waals surface area contributed by atoms with E-state index in [9.17, 15) is 14.4 Å². The Hall–Kier alpha value is -3.16. The molecule has 0 spiro atoms. The zero-order valence-corrected chi connectivity index (χ0v) is 18.7. The summed E-state index contributed by atoms with van der Waals surface area (Å²) in [5.74, 6) is -0.737. The van der Waals surface area contributed by atoms with Crippen LogP contribution in [0.1, 0.15) is 32.9 Å². The van der Waals surface area contributed by atoms with E-state index in [2.05, 4.69) is 5.16 Å². The number of nitrogens with zero attached hydrogens (tertiary/aromatic N) is 3. The second-order valence-electron chi connectivity index (χ2n) is 7.47. The molecule has 9 heteroatoms. The fourth-order valence-corrected chi connectivity index (χ4v) is 3.80. The molecule has 4 rings (SSSR count). The first-order valence-electron chi connectivity index (χ1n) is 9.95. The summed E-state index contributed by atoms with van der Waals surface area (Å²) in [5, 5.41) is 4.44. The highest BCUT2D eigenvalue weighted by molar-refractivity contribution is 6.43. The average Bonchev–Trinajstić information content (AvgIpc) is 3.34. The molecular formula is C23H19Cl2N3O4. The lowest BCUT2D eigenvalue weighted by atomic mass is 10.1. The third-order valence-corrected chi connectivity index (χ3v) is 6.00. The van der Waals surface area contributed by atoms with Crippen molar-refractivity contribution in [2.24, 2.45) is 0 Å². The zero-order valence-electron chi connectivity index (χ0n) is 17.2. The Labute approximate surface area is 194 Å². The molecule has 0 aliphatic carbocycles. The minimum absolute atomic E-state index is 0.152. The number of likely N-dealkylation sites (N-methyl/N-ethyl adjacent to an activating group) is 1. The number of aryl methyl sites for hydroxylation is 1. The molecule has 7 nitrogen and oxygen atoms in total. The molecular weight excluding hydrogens is 453 g/mol. The normalized spacial score (nSPS) is 12.9. The van der Waals surface area contributed by atoms with Gasteiger partial charge in [0.15, 0.2) is 0 Å². The number of amides is 3. The van der Waals surface area contributed by atoms with Crippen molar-refractivity contribution in [2.75, 3.05) is 20.1 Å². The largest absolute Gasteiger partial charge is 0.361 e. The topological polar surface area (TPSA) is 83.7 Å². The molecule has 0 bridgehead atoms. The summed E-state index contributed by atoms with van der Waals surface area (Å²) >= 11 is 11.9. The second kappa shape index (κ2) is 9.14. The summed E-state index contributed by atoms with van der Waals surface area (Å²) in [6.07, 6.45) is 1.24. The van der Waals surface area contributed by atoms with Crippen LogP contribution in [0.5, 0.6) is 0 Å². The van der Waals surface area contributed by atoms with E-state index >= 15 is 0 Å². The van der Waals surface area contributed by atoms with E-state index in [1.165, 1.54) is 17.0 Å². The van der Waals surface area contributed by atoms with Gasteiger partial charge in [0.1, 0.15) is 18.0 Å². The lowest BCUT2D eigenvalue weighted by Crippen LogP contribution is -2.41. The van der Waals surface area contributed by atoms with Gasteiger partial charge >= 0.3 is 0 Å². The molecule has 0 saturated carbocycles. The Kier molecular flexibility index (Phi) is 6.30. The van der Waals surface area contributed by atoms with Gasteiger partial charge in [-0.05, 0) is 18.6 Å². The first-order valence-corrected chi connectivity index (χ1v) is 10.7. The van der Waals surface area contributed by atoms with Crippen LogP contribution >= 0.6 is 23.2 Å². The van der Waals surface area contributed by atoms with E-state index in [1.807, 2.05) is 36.4 Å². The summed E-state index contributed by atoms with van der Waals surface area (Å²) in [6, 6.07) is 14.3. The van der Waals surface area contributed by atoms with Crippen LogP contribution in [0, 0.1) is 0 Å². The molecule has 0 unspecified atom stereocenters. The molecule has 3 amide bonds. The summed E-state index contributed by atoms with van der Waals surface area (Å²) in [6.45, 7) is 0.0829. The van der Waals surface area contributed by atoms with Gasteiger partial charge in [-0.25, -0.2) is 0 Å². The van der Waals surface area contributed by atoms with Gasteiger partial charge in [-0.3, -0.25) is 19.3 Å². The Morgan fingerprint density at radius 1 is 1.03 bits per heavy atom. The summed E-state index contributed by atoms with van der Waals surface area (Å²) in [7, 11) is 1.63. The predicted octanol–water partition coefficient (Wildman–Crippen LogP) is 4.34. The Balaban J connectivity index is 1.31. The second-order valence-corrected chi connectivity index (χ2v) is 8.29. The van der Waals surface area contributed by atoms with Gasteiger partial charge in [0.2, 0.25) is 5.91 Å². The molecule has 1 aromatic heterocycles. The van der Waals surface area contributed by atoms with Crippen molar-refractivity contribution < 1.29 is 18.9 Å². The van der Waals surface area contributed by atoms with E-state index in [0.29, 0.717) is 19.4 Å². The molecule has 32 heavy (non-hydrogen) atoms. The first kappa shape index (κ1) is 22.0. The number of fused-ring (bicyclic) bond motifs is 1. The molecule has 1 aliphatic rings. The molecule has 0 radical (unpaired) electrons. The van der Waals surface area contributed by atoms with Gasteiger partial charge in [0.05, 0.1) is 21.2 Å². The van der Waals surface area contributed by atoms with E-state index < -0.39 is 11.8 Å². The van der Waals surface area contributed by atoms with E-state index in [0.717, 1.165) is 21.9 Å². The van der Waals surface area contributed by atoms with Crippen molar-refractivity contribution in [1.29, 1.82) is 0 Å². The van der Waals surface area contributed by atoms with Crippen LogP contribution in [0.3, 0.4) is 0 Å². The van der Waals surface area contributed by atoms with Crippen LogP contribution in [0.4, 0.5) is 0 Å². The molecule has 3 aromatic rings. The maximum atomic E-state index is 12.6. The highest BCUT2D eigenvalue weighted by atomic mass is 35.5. The minimum Gasteiger partial charge on any atom is -0.361 e. The number of halogens is 2. The van der Waals surface area contributed by atoms with Gasteiger partial charge in [-0.15, -0.1) is 0 Å². The van der Waals surface area contributed by atoms with Gasteiger partial charge in [-0.1, -0.05) is 58.7 Å². The van der Waals surface area contributed by atoms with Gasteiger partial charge in [0, 0.05) is 31.6 Å². The monoisotopic (exact) mass is 471 g/mol. The summed E-state index contributed by atoms with van der Waals surface area (Å²) < 4.78 is 5.38. The standard InChI is InChI=1S/C23H19Cl2N3O4/c1-27(9-5-8-15-10-20(26-32-15)14-6-3-2-4-7-14)21(29)13-28-22(30)16-11-18(24)19(25)12-17(16)23(28)31/h2-4,6-7,10-12H,5,8-9,13H2,1H3. The summed E-state index contributed by atoms with van der Waals surface area (Å²) in [4.78, 5) is 40.1. The van der Waals surface area contributed by atoms with Crippen LogP contribution in [-0.2, 0) is 11.2 Å². The van der Waals surface area contributed by atoms with Gasteiger partial charge < -0.3 is 9.42 Å². The zero-order chi connectivity index (χ0) is 22.8. The third kappa shape index (κ3) is 4.40. The Morgan fingerprint density at radius 2 is 1.66 bits per heavy atom. The van der Waals surface area contributed by atoms with Crippen LogP contribution in [0.25, 0.3) is 11.3 Å². The smallest absolute Gasteiger partial charge is 0.262 e. The van der Waals surface area contributed by atoms with Crippen LogP contribution in [0.2, 0.25) is 10.0 Å². The lowest BCUT2D eigenvalue weighted by Gasteiger charge is -2.20. The Bertz CT molecular complexity index is 1150. The average molecular weight is 472 g/mol. The molecule has 2 aromatic carbocycles. The number of hydrogen-bond donors (Lipinski definition) is 0. The van der Waals surface area contributed by atoms with Crippen LogP contribution in [0.15, 0.2) is 53.1 Å². The van der Waals surface area contributed by atoms with Crippen LogP contribution < -0.4 is 0 Å². The number of rotatable bonds is 7. The highest BCUT2D eigenvalue weighted by Gasteiger charge is 2.37. The van der Waals surface area contributed by atoms with Crippen molar-refractivity contribution in [1.82, 2.24) is 15.0 Å². The molecule has 0 saturated heterocycles. The fraction of sp³-hybridized carbons (Fsp3) is 0.217. The van der Waals surface area contributed by atoms with Crippen LogP contribution in [-0.4, -0.2) is 52.8 Å². The predicted molar refractivity (Wildman–Crippen MR) is 120 cm³/mol. The number of imide groups is 1. The van der Waals surface area contributed by atoms with Crippen molar-refractivity contribution in [3.05, 3.63) is 75.5 Å². The fourth-order valence-electron chi connectivity index (χ4n) is 3.47. The molecule has 2 heterocycles. The quantitative estimate of drug-likeness (QED) is 0.478. The maximum Gasteiger partial charge on any atom is 0.262 e. The maximum absolute atomic E-state index is 12.6. The highest BCUT2D eigenvalue weighted by Crippen LogP contribution is 2.31. The first-order chi connectivity index (χ1) is 15.3. The number of hydrogen-bond acceptors (Lipinski definition) is 5. The molecule has 164 valence electrons. The Morgan fingerprint density at radius 3 is 2.28 bits per heavy atom. The van der Waals surface area contributed by atoms with E-state index in [-0.39, 0.29) is 33.6 Å². The van der Waals surface area contributed by atoms with Crippen molar-refractivity contribution in [3.63, 3.8) is 0 Å². The van der Waals surface area contributed by atoms with Crippen molar-refractivity contribution in [2.45, 2.75) is 12.8 Å². The van der Waals surface area contributed by atoms with Crippen molar-refractivity contribution >= 4 is 40.9 Å².